The molecule has 0 aliphatic heterocycles. The van der Waals surface area contributed by atoms with Crippen LogP contribution in [0.15, 0.2) is 12.2 Å². The highest BCUT2D eigenvalue weighted by atomic mass is 35.5. The second-order valence-electron chi connectivity index (χ2n) is 1.74. The molecule has 60 valence electrons. The molecule has 0 aromatic rings. The second-order valence-corrected chi connectivity index (χ2v) is 1.74. The number of hydrogen-bond acceptors (Lipinski definition) is 3. The molecule has 4 heteroatoms. The van der Waals surface area contributed by atoms with E-state index in [2.05, 4.69) is 4.74 Å². The molecule has 0 spiro atoms. The molecular formula is C6H12ClNO2. The molecular weight excluding hydrogens is 154 g/mol. The Morgan fingerprint density at radius 3 is 2.50 bits per heavy atom. The molecule has 0 aliphatic carbocycles. The number of halogens is 1. The molecule has 1 atom stereocenters. The quantitative estimate of drug-likeness (QED) is 0.479. The molecule has 0 saturated heterocycles. The molecule has 2 N–H and O–H groups in total. The molecule has 0 saturated carbocycles. The summed E-state index contributed by atoms with van der Waals surface area (Å²) in [6.45, 7) is 1.78. The predicted molar refractivity (Wildman–Crippen MR) is 42.1 cm³/mol. The van der Waals surface area contributed by atoms with E-state index >= 15 is 0 Å². The van der Waals surface area contributed by atoms with E-state index < -0.39 is 0 Å². The molecule has 0 radical (unpaired) electrons. The van der Waals surface area contributed by atoms with Crippen molar-refractivity contribution in [3.8, 4) is 0 Å². The molecule has 0 fully saturated rings. The van der Waals surface area contributed by atoms with Crippen molar-refractivity contribution in [1.29, 1.82) is 0 Å². The van der Waals surface area contributed by atoms with Crippen LogP contribution in [0.25, 0.3) is 0 Å². The van der Waals surface area contributed by atoms with E-state index in [1.807, 2.05) is 0 Å². The van der Waals surface area contributed by atoms with Crippen molar-refractivity contribution in [3.63, 3.8) is 0 Å². The summed E-state index contributed by atoms with van der Waals surface area (Å²) in [5, 5.41) is 0. The number of carbonyl (C=O) groups is 1. The van der Waals surface area contributed by atoms with Crippen LogP contribution in [-0.4, -0.2) is 19.1 Å². The van der Waals surface area contributed by atoms with Crippen molar-refractivity contribution < 1.29 is 9.53 Å². The number of esters is 1. The largest absolute Gasteiger partial charge is 0.466 e. The molecule has 0 aromatic heterocycles. The van der Waals surface area contributed by atoms with Crippen molar-refractivity contribution in [2.24, 2.45) is 5.73 Å². The summed E-state index contributed by atoms with van der Waals surface area (Å²) in [6, 6.07) is -0.0934. The summed E-state index contributed by atoms with van der Waals surface area (Å²) >= 11 is 0. The Balaban J connectivity index is 0. The Kier molecular flexibility index (Phi) is 8.00. The highest BCUT2D eigenvalue weighted by Gasteiger charge is 1.90. The van der Waals surface area contributed by atoms with Gasteiger partial charge in [-0.3, -0.25) is 0 Å². The highest BCUT2D eigenvalue weighted by Crippen LogP contribution is 1.80. The van der Waals surface area contributed by atoms with Crippen molar-refractivity contribution in [1.82, 2.24) is 0 Å². The van der Waals surface area contributed by atoms with E-state index in [-0.39, 0.29) is 24.4 Å². The second kappa shape index (κ2) is 6.58. The van der Waals surface area contributed by atoms with E-state index in [4.69, 9.17) is 5.73 Å². The van der Waals surface area contributed by atoms with E-state index in [1.54, 1.807) is 13.0 Å². The van der Waals surface area contributed by atoms with Gasteiger partial charge in [0.15, 0.2) is 0 Å². The Labute approximate surface area is 66.6 Å². The summed E-state index contributed by atoms with van der Waals surface area (Å²) < 4.78 is 4.32. The monoisotopic (exact) mass is 165 g/mol. The minimum absolute atomic E-state index is 0. The zero-order valence-electron chi connectivity index (χ0n) is 6.03. The van der Waals surface area contributed by atoms with Gasteiger partial charge in [-0.2, -0.15) is 0 Å². The molecule has 3 nitrogen and oxygen atoms in total. The third-order valence-electron chi connectivity index (χ3n) is 0.737. The summed E-state index contributed by atoms with van der Waals surface area (Å²) in [4.78, 5) is 10.4. The van der Waals surface area contributed by atoms with Gasteiger partial charge in [0.25, 0.3) is 0 Å². The first kappa shape index (κ1) is 12.2. The number of hydrogen-bond donors (Lipinski definition) is 1. The third-order valence-corrected chi connectivity index (χ3v) is 0.737. The van der Waals surface area contributed by atoms with Crippen LogP contribution in [0.3, 0.4) is 0 Å². The lowest BCUT2D eigenvalue weighted by atomic mass is 10.3. The zero-order valence-corrected chi connectivity index (χ0v) is 6.85. The number of carbonyl (C=O) groups excluding carboxylic acids is 1. The topological polar surface area (TPSA) is 52.3 Å². The summed E-state index contributed by atoms with van der Waals surface area (Å²) in [7, 11) is 1.33. The van der Waals surface area contributed by atoms with Crippen LogP contribution in [0, 0.1) is 0 Å². The lowest BCUT2D eigenvalue weighted by Gasteiger charge is -1.92. The van der Waals surface area contributed by atoms with Crippen LogP contribution in [0.2, 0.25) is 0 Å². The molecule has 0 heterocycles. The zero-order chi connectivity index (χ0) is 7.28. The SMILES string of the molecule is COC(=O)/C=C/[C@H](C)N.Cl. The Bertz CT molecular complexity index is 123. The smallest absolute Gasteiger partial charge is 0.330 e. The van der Waals surface area contributed by atoms with Gasteiger partial charge in [0.2, 0.25) is 0 Å². The van der Waals surface area contributed by atoms with Crippen LogP contribution in [0.1, 0.15) is 6.92 Å². The highest BCUT2D eigenvalue weighted by molar-refractivity contribution is 5.85. The first-order valence-electron chi connectivity index (χ1n) is 2.68. The predicted octanol–water partition coefficient (Wildman–Crippen LogP) is 0.485. The van der Waals surface area contributed by atoms with E-state index in [0.717, 1.165) is 0 Å². The van der Waals surface area contributed by atoms with Crippen LogP contribution < -0.4 is 5.73 Å². The molecule has 0 unspecified atom stereocenters. The maximum Gasteiger partial charge on any atom is 0.330 e. The van der Waals surface area contributed by atoms with Gasteiger partial charge >= 0.3 is 5.97 Å². The third kappa shape index (κ3) is 7.46. The Hall–Kier alpha value is -0.540. The average molecular weight is 166 g/mol. The Morgan fingerprint density at radius 2 is 2.20 bits per heavy atom. The van der Waals surface area contributed by atoms with Crippen LogP contribution in [-0.2, 0) is 9.53 Å². The fraction of sp³-hybridized carbons (Fsp3) is 0.500. The number of ether oxygens (including phenoxy) is 1. The Morgan fingerprint density at radius 1 is 1.70 bits per heavy atom. The fourth-order valence-electron chi connectivity index (χ4n) is 0.298. The van der Waals surface area contributed by atoms with E-state index in [1.165, 1.54) is 13.2 Å². The van der Waals surface area contributed by atoms with Crippen LogP contribution >= 0.6 is 12.4 Å². The van der Waals surface area contributed by atoms with Crippen molar-refractivity contribution in [2.45, 2.75) is 13.0 Å². The minimum Gasteiger partial charge on any atom is -0.466 e. The van der Waals surface area contributed by atoms with Gasteiger partial charge in [0.1, 0.15) is 0 Å². The lowest BCUT2D eigenvalue weighted by Crippen LogP contribution is -2.11. The molecule has 0 bridgehead atoms. The van der Waals surface area contributed by atoms with Crippen molar-refractivity contribution in [2.75, 3.05) is 7.11 Å². The van der Waals surface area contributed by atoms with E-state index in [0.29, 0.717) is 0 Å². The summed E-state index contributed by atoms with van der Waals surface area (Å²) in [6.07, 6.45) is 2.89. The molecule has 10 heavy (non-hydrogen) atoms. The van der Waals surface area contributed by atoms with Crippen molar-refractivity contribution in [3.05, 3.63) is 12.2 Å². The molecule has 0 rings (SSSR count). The lowest BCUT2D eigenvalue weighted by molar-refractivity contribution is -0.134. The maximum atomic E-state index is 10.4. The van der Waals surface area contributed by atoms with Gasteiger partial charge in [0, 0.05) is 12.1 Å². The van der Waals surface area contributed by atoms with Gasteiger partial charge in [-0.05, 0) is 6.92 Å². The van der Waals surface area contributed by atoms with Gasteiger partial charge in [0.05, 0.1) is 7.11 Å². The minimum atomic E-state index is -0.368. The van der Waals surface area contributed by atoms with E-state index in [9.17, 15) is 4.79 Å². The standard InChI is InChI=1S/C6H11NO2.ClH/c1-5(7)3-4-6(8)9-2;/h3-5H,7H2,1-2H3;1H/b4-3+;/t5-;/m0./s1. The summed E-state index contributed by atoms with van der Waals surface area (Å²) in [5.41, 5.74) is 5.30. The molecule has 0 aliphatic rings. The van der Waals surface area contributed by atoms with Gasteiger partial charge < -0.3 is 10.5 Å². The normalized spacial score (nSPS) is 12.3. The first-order valence-corrected chi connectivity index (χ1v) is 2.68. The van der Waals surface area contributed by atoms with Crippen LogP contribution in [0.4, 0.5) is 0 Å². The average Bonchev–Trinajstić information content (AvgIpc) is 1.83. The van der Waals surface area contributed by atoms with Gasteiger partial charge in [-0.1, -0.05) is 6.08 Å². The number of methoxy groups -OCH3 is 1. The first-order chi connectivity index (χ1) is 4.16. The number of rotatable bonds is 2. The summed E-state index contributed by atoms with van der Waals surface area (Å²) in [5.74, 6) is -0.368. The fourth-order valence-corrected chi connectivity index (χ4v) is 0.298. The van der Waals surface area contributed by atoms with Crippen LogP contribution in [0.5, 0.6) is 0 Å². The van der Waals surface area contributed by atoms with Gasteiger partial charge in [-0.25, -0.2) is 4.79 Å². The maximum absolute atomic E-state index is 10.4. The van der Waals surface area contributed by atoms with Gasteiger partial charge in [-0.15, -0.1) is 12.4 Å². The number of nitrogens with two attached hydrogens (primary N) is 1. The van der Waals surface area contributed by atoms with Crippen molar-refractivity contribution >= 4 is 18.4 Å². The molecule has 0 aromatic carbocycles. The molecule has 0 amide bonds.